The SMILES string of the molecule is C1CC2CCC12.C=CCCC#N. The van der Waals surface area contributed by atoms with Crippen molar-refractivity contribution in [3.63, 3.8) is 0 Å². The fourth-order valence-corrected chi connectivity index (χ4v) is 1.73. The number of fused-ring (bicyclic) bond motifs is 1. The van der Waals surface area contributed by atoms with Gasteiger partial charge in [0.1, 0.15) is 0 Å². The highest BCUT2D eigenvalue weighted by atomic mass is 14.4. The predicted molar refractivity (Wildman–Crippen MR) is 50.5 cm³/mol. The van der Waals surface area contributed by atoms with Crippen molar-refractivity contribution in [2.45, 2.75) is 38.5 Å². The first kappa shape index (κ1) is 9.32. The third kappa shape index (κ3) is 2.37. The molecule has 0 spiro atoms. The van der Waals surface area contributed by atoms with Crippen LogP contribution < -0.4 is 0 Å². The normalized spacial score (nSPS) is 29.2. The smallest absolute Gasteiger partial charge is 0.0624 e. The van der Waals surface area contributed by atoms with Crippen LogP contribution in [0.15, 0.2) is 12.7 Å². The number of nitrogens with zero attached hydrogens (tertiary/aromatic N) is 1. The fraction of sp³-hybridized carbons (Fsp3) is 0.727. The molecule has 1 nitrogen and oxygen atoms in total. The van der Waals surface area contributed by atoms with E-state index < -0.39 is 0 Å². The van der Waals surface area contributed by atoms with Crippen molar-refractivity contribution >= 4 is 0 Å². The van der Waals surface area contributed by atoms with E-state index in [1.165, 1.54) is 11.8 Å². The van der Waals surface area contributed by atoms with Crippen LogP contribution in [0.25, 0.3) is 0 Å². The summed E-state index contributed by atoms with van der Waals surface area (Å²) in [6, 6.07) is 2.00. The maximum Gasteiger partial charge on any atom is 0.0624 e. The number of nitriles is 1. The van der Waals surface area contributed by atoms with Gasteiger partial charge >= 0.3 is 0 Å². The molecule has 66 valence electrons. The highest BCUT2D eigenvalue weighted by Gasteiger charge is 2.37. The molecule has 0 saturated heterocycles. The molecule has 0 heterocycles. The zero-order valence-electron chi connectivity index (χ0n) is 7.63. The lowest BCUT2D eigenvalue weighted by Crippen LogP contribution is -2.34. The summed E-state index contributed by atoms with van der Waals surface area (Å²) in [5, 5.41) is 7.90. The maximum absolute atomic E-state index is 7.90. The highest BCUT2D eigenvalue weighted by molar-refractivity contribution is 4.89. The molecule has 0 atom stereocenters. The summed E-state index contributed by atoms with van der Waals surface area (Å²) >= 11 is 0. The Bertz CT molecular complexity index is 160. The Balaban J connectivity index is 0.000000120. The molecule has 0 radical (unpaired) electrons. The average molecular weight is 163 g/mol. The number of unbranched alkanes of at least 4 members (excludes halogenated alkanes) is 1. The van der Waals surface area contributed by atoms with Crippen LogP contribution in [0.3, 0.4) is 0 Å². The van der Waals surface area contributed by atoms with Gasteiger partial charge in [0, 0.05) is 6.42 Å². The number of allylic oxidation sites excluding steroid dienone is 1. The molecular weight excluding hydrogens is 146 g/mol. The van der Waals surface area contributed by atoms with Crippen LogP contribution in [0.2, 0.25) is 0 Å². The minimum Gasteiger partial charge on any atom is -0.198 e. The fourth-order valence-electron chi connectivity index (χ4n) is 1.73. The third-order valence-corrected chi connectivity index (χ3v) is 2.94. The largest absolute Gasteiger partial charge is 0.198 e. The van der Waals surface area contributed by atoms with Gasteiger partial charge in [-0.3, -0.25) is 0 Å². The van der Waals surface area contributed by atoms with Crippen LogP contribution in [0.4, 0.5) is 0 Å². The van der Waals surface area contributed by atoms with Crippen LogP contribution >= 0.6 is 0 Å². The van der Waals surface area contributed by atoms with E-state index in [0.29, 0.717) is 6.42 Å². The molecule has 0 aromatic rings. The summed E-state index contributed by atoms with van der Waals surface area (Å²) in [5.41, 5.74) is 0. The van der Waals surface area contributed by atoms with Crippen molar-refractivity contribution in [2.75, 3.05) is 0 Å². The van der Waals surface area contributed by atoms with Crippen LogP contribution in [-0.2, 0) is 0 Å². The van der Waals surface area contributed by atoms with Crippen molar-refractivity contribution in [3.05, 3.63) is 12.7 Å². The van der Waals surface area contributed by atoms with E-state index in [4.69, 9.17) is 5.26 Å². The highest BCUT2D eigenvalue weighted by Crippen LogP contribution is 2.49. The molecule has 0 aromatic carbocycles. The Hall–Kier alpha value is -0.770. The summed E-state index contributed by atoms with van der Waals surface area (Å²) in [6.07, 6.45) is 9.40. The van der Waals surface area contributed by atoms with Crippen LogP contribution in [0, 0.1) is 23.2 Å². The topological polar surface area (TPSA) is 23.8 Å². The number of hydrogen-bond acceptors (Lipinski definition) is 1. The van der Waals surface area contributed by atoms with E-state index in [2.05, 4.69) is 6.58 Å². The van der Waals surface area contributed by atoms with E-state index in [1.54, 1.807) is 31.8 Å². The Morgan fingerprint density at radius 2 is 1.75 bits per heavy atom. The number of rotatable bonds is 2. The zero-order chi connectivity index (χ0) is 8.81. The summed E-state index contributed by atoms with van der Waals surface area (Å²) in [7, 11) is 0. The van der Waals surface area contributed by atoms with Gasteiger partial charge in [-0.1, -0.05) is 6.08 Å². The van der Waals surface area contributed by atoms with E-state index in [-0.39, 0.29) is 0 Å². The first-order valence-electron chi connectivity index (χ1n) is 4.86. The van der Waals surface area contributed by atoms with Gasteiger partial charge in [-0.15, -0.1) is 6.58 Å². The molecule has 1 heteroatoms. The summed E-state index contributed by atoms with van der Waals surface area (Å²) in [6.45, 7) is 3.45. The lowest BCUT2D eigenvalue weighted by atomic mass is 9.60. The van der Waals surface area contributed by atoms with Gasteiger partial charge in [0.2, 0.25) is 0 Å². The lowest BCUT2D eigenvalue weighted by Gasteiger charge is -2.46. The minimum atomic E-state index is 0.601. The van der Waals surface area contributed by atoms with E-state index >= 15 is 0 Å². The van der Waals surface area contributed by atoms with Gasteiger partial charge in [-0.25, -0.2) is 0 Å². The Kier molecular flexibility index (Phi) is 3.87. The zero-order valence-corrected chi connectivity index (χ0v) is 7.63. The minimum absolute atomic E-state index is 0.601. The first-order chi connectivity index (χ1) is 5.88. The van der Waals surface area contributed by atoms with Gasteiger partial charge < -0.3 is 0 Å². The Labute approximate surface area is 75.1 Å². The quantitative estimate of drug-likeness (QED) is 0.452. The third-order valence-electron chi connectivity index (χ3n) is 2.94. The molecule has 0 aliphatic heterocycles. The van der Waals surface area contributed by atoms with Crippen LogP contribution in [-0.4, -0.2) is 0 Å². The van der Waals surface area contributed by atoms with E-state index in [0.717, 1.165) is 6.42 Å². The van der Waals surface area contributed by atoms with Crippen molar-refractivity contribution in [1.29, 1.82) is 5.26 Å². The molecule has 0 bridgehead atoms. The number of hydrogen-bond donors (Lipinski definition) is 0. The first-order valence-corrected chi connectivity index (χ1v) is 4.86. The second kappa shape index (κ2) is 4.98. The second-order valence-electron chi connectivity index (χ2n) is 3.66. The summed E-state index contributed by atoms with van der Waals surface area (Å²) in [4.78, 5) is 0. The Morgan fingerprint density at radius 3 is 1.83 bits per heavy atom. The molecule has 0 aromatic heterocycles. The van der Waals surface area contributed by atoms with Gasteiger partial charge in [0.25, 0.3) is 0 Å². The molecule has 12 heavy (non-hydrogen) atoms. The lowest BCUT2D eigenvalue weighted by molar-refractivity contribution is 0.0548. The van der Waals surface area contributed by atoms with Crippen molar-refractivity contribution in [3.8, 4) is 6.07 Å². The molecule has 2 aliphatic carbocycles. The molecule has 2 rings (SSSR count). The monoisotopic (exact) mass is 163 g/mol. The van der Waals surface area contributed by atoms with Crippen LogP contribution in [0.5, 0.6) is 0 Å². The molecule has 0 amide bonds. The van der Waals surface area contributed by atoms with Crippen molar-refractivity contribution in [2.24, 2.45) is 11.8 Å². The molecule has 2 aliphatic rings. The Morgan fingerprint density at radius 1 is 1.25 bits per heavy atom. The van der Waals surface area contributed by atoms with E-state index in [1.807, 2.05) is 6.07 Å². The molecule has 0 unspecified atom stereocenters. The summed E-state index contributed by atoms with van der Waals surface area (Å²) < 4.78 is 0. The van der Waals surface area contributed by atoms with E-state index in [9.17, 15) is 0 Å². The van der Waals surface area contributed by atoms with Crippen molar-refractivity contribution in [1.82, 2.24) is 0 Å². The van der Waals surface area contributed by atoms with Crippen molar-refractivity contribution < 1.29 is 0 Å². The average Bonchev–Trinajstić information content (AvgIpc) is 2.09. The second-order valence-corrected chi connectivity index (χ2v) is 3.66. The standard InChI is InChI=1S/C6H10.C5H7N/c1-2-6-4-3-5(1)6;1-2-3-4-5-6/h5-6H,1-4H2;2H,1,3-4H2. The molecular formula is C11H17N. The van der Waals surface area contributed by atoms with Gasteiger partial charge in [0.15, 0.2) is 0 Å². The van der Waals surface area contributed by atoms with Crippen LogP contribution in [0.1, 0.15) is 38.5 Å². The van der Waals surface area contributed by atoms with Gasteiger partial charge in [-0.2, -0.15) is 5.26 Å². The van der Waals surface area contributed by atoms with Gasteiger partial charge in [0.05, 0.1) is 6.07 Å². The molecule has 2 fully saturated rings. The van der Waals surface area contributed by atoms with Gasteiger partial charge in [-0.05, 0) is 43.9 Å². The molecule has 0 N–H and O–H groups in total. The maximum atomic E-state index is 7.90. The predicted octanol–water partition coefficient (Wildman–Crippen LogP) is 3.28. The summed E-state index contributed by atoms with van der Waals surface area (Å²) in [5.74, 6) is 2.43. The molecule has 2 saturated carbocycles.